The molecule has 3 nitrogen and oxygen atoms in total. The maximum absolute atomic E-state index is 4.52. The molecule has 1 aromatic heterocycles. The molecule has 0 unspecified atom stereocenters. The third-order valence-corrected chi connectivity index (χ3v) is 3.41. The molecule has 0 fully saturated rings. The summed E-state index contributed by atoms with van der Waals surface area (Å²) in [5, 5.41) is 3.45. The predicted molar refractivity (Wildman–Crippen MR) is 81.0 cm³/mol. The molecule has 102 valence electrons. The zero-order chi connectivity index (χ0) is 13.2. The first-order chi connectivity index (χ1) is 8.77. The van der Waals surface area contributed by atoms with Crippen LogP contribution < -0.4 is 5.32 Å². The maximum Gasteiger partial charge on any atom is 0.0588 e. The third kappa shape index (κ3) is 5.85. The van der Waals surface area contributed by atoms with Crippen LogP contribution in [0.2, 0.25) is 0 Å². The number of hydrogen-bond donors (Lipinski definition) is 1. The molecule has 0 aliphatic rings. The molecular weight excluding hydrogens is 242 g/mol. The van der Waals surface area contributed by atoms with E-state index in [4.69, 9.17) is 0 Å². The van der Waals surface area contributed by atoms with Crippen molar-refractivity contribution in [3.8, 4) is 0 Å². The highest BCUT2D eigenvalue weighted by molar-refractivity contribution is 7.98. The lowest BCUT2D eigenvalue weighted by atomic mass is 10.2. The van der Waals surface area contributed by atoms with Gasteiger partial charge in [0.1, 0.15) is 0 Å². The Bertz CT molecular complexity index is 331. The minimum absolute atomic E-state index is 0.924. The average Bonchev–Trinajstić information content (AvgIpc) is 2.38. The minimum Gasteiger partial charge on any atom is -0.313 e. The molecule has 18 heavy (non-hydrogen) atoms. The number of hydrogen-bond acceptors (Lipinski definition) is 4. The van der Waals surface area contributed by atoms with E-state index < -0.39 is 0 Å². The molecule has 0 aromatic carbocycles. The molecule has 0 bridgehead atoms. The van der Waals surface area contributed by atoms with Crippen molar-refractivity contribution in [2.45, 2.75) is 26.4 Å². The Balaban J connectivity index is 2.52. The van der Waals surface area contributed by atoms with Crippen LogP contribution in [-0.2, 0) is 13.1 Å². The topological polar surface area (TPSA) is 28.2 Å². The highest BCUT2D eigenvalue weighted by Gasteiger charge is 2.06. The van der Waals surface area contributed by atoms with E-state index in [2.05, 4.69) is 41.5 Å². The van der Waals surface area contributed by atoms with Gasteiger partial charge in [-0.15, -0.1) is 0 Å². The Morgan fingerprint density at radius 1 is 1.44 bits per heavy atom. The largest absolute Gasteiger partial charge is 0.313 e. The van der Waals surface area contributed by atoms with E-state index in [9.17, 15) is 0 Å². The predicted octanol–water partition coefficient (Wildman–Crippen LogP) is 2.38. The Morgan fingerprint density at radius 3 is 3.00 bits per heavy atom. The molecule has 1 rings (SSSR count). The summed E-state index contributed by atoms with van der Waals surface area (Å²) < 4.78 is 0. The van der Waals surface area contributed by atoms with Gasteiger partial charge in [0.05, 0.1) is 5.69 Å². The smallest absolute Gasteiger partial charge is 0.0588 e. The van der Waals surface area contributed by atoms with Crippen LogP contribution >= 0.6 is 11.8 Å². The number of nitrogens with zero attached hydrogens (tertiary/aromatic N) is 2. The molecule has 0 atom stereocenters. The zero-order valence-electron chi connectivity index (χ0n) is 11.8. The lowest BCUT2D eigenvalue weighted by Crippen LogP contribution is -2.23. The van der Waals surface area contributed by atoms with Gasteiger partial charge in [0.25, 0.3) is 0 Å². The summed E-state index contributed by atoms with van der Waals surface area (Å²) in [6, 6.07) is 4.20. The molecule has 0 aliphatic carbocycles. The Labute approximate surface area is 115 Å². The van der Waals surface area contributed by atoms with Crippen molar-refractivity contribution in [1.29, 1.82) is 0 Å². The van der Waals surface area contributed by atoms with Gasteiger partial charge in [-0.05, 0) is 37.9 Å². The van der Waals surface area contributed by atoms with Crippen LogP contribution in [0, 0.1) is 0 Å². The van der Waals surface area contributed by atoms with Gasteiger partial charge in [-0.2, -0.15) is 11.8 Å². The molecule has 0 amide bonds. The van der Waals surface area contributed by atoms with Crippen LogP contribution in [0.25, 0.3) is 0 Å². The highest BCUT2D eigenvalue weighted by atomic mass is 32.2. The second kappa shape index (κ2) is 9.36. The van der Waals surface area contributed by atoms with Crippen molar-refractivity contribution < 1.29 is 0 Å². The molecule has 0 saturated carbocycles. The summed E-state index contributed by atoms with van der Waals surface area (Å²) in [5.74, 6) is 1.17. The summed E-state index contributed by atoms with van der Waals surface area (Å²) in [7, 11) is 2.16. The SMILES string of the molecule is CCCNCc1cccnc1CN(C)CCSC. The molecule has 0 aliphatic heterocycles. The van der Waals surface area contributed by atoms with Crippen LogP contribution in [0.15, 0.2) is 18.3 Å². The van der Waals surface area contributed by atoms with Crippen molar-refractivity contribution in [1.82, 2.24) is 15.2 Å². The van der Waals surface area contributed by atoms with Gasteiger partial charge in [0.15, 0.2) is 0 Å². The van der Waals surface area contributed by atoms with Crippen LogP contribution in [0.4, 0.5) is 0 Å². The van der Waals surface area contributed by atoms with E-state index in [0.717, 1.165) is 26.2 Å². The first-order valence-corrected chi connectivity index (χ1v) is 7.98. The number of pyridine rings is 1. The summed E-state index contributed by atoms with van der Waals surface area (Å²) in [6.07, 6.45) is 5.21. The van der Waals surface area contributed by atoms with Crippen LogP contribution in [-0.4, -0.2) is 42.0 Å². The third-order valence-electron chi connectivity index (χ3n) is 2.82. The van der Waals surface area contributed by atoms with Gasteiger partial charge < -0.3 is 5.32 Å². The quantitative estimate of drug-likeness (QED) is 0.695. The van der Waals surface area contributed by atoms with Gasteiger partial charge in [-0.3, -0.25) is 9.88 Å². The van der Waals surface area contributed by atoms with Crippen molar-refractivity contribution in [2.24, 2.45) is 0 Å². The van der Waals surface area contributed by atoms with Gasteiger partial charge in [0, 0.05) is 31.6 Å². The van der Waals surface area contributed by atoms with E-state index in [1.165, 1.54) is 23.4 Å². The second-order valence-electron chi connectivity index (χ2n) is 4.52. The van der Waals surface area contributed by atoms with Crippen molar-refractivity contribution in [3.05, 3.63) is 29.6 Å². The Hall–Kier alpha value is -0.580. The van der Waals surface area contributed by atoms with E-state index in [1.54, 1.807) is 0 Å². The summed E-state index contributed by atoms with van der Waals surface area (Å²) >= 11 is 1.89. The number of thioether (sulfide) groups is 1. The molecule has 0 spiro atoms. The second-order valence-corrected chi connectivity index (χ2v) is 5.50. The fraction of sp³-hybridized carbons (Fsp3) is 0.643. The maximum atomic E-state index is 4.52. The highest BCUT2D eigenvalue weighted by Crippen LogP contribution is 2.08. The molecule has 1 heterocycles. The van der Waals surface area contributed by atoms with Gasteiger partial charge in [-0.25, -0.2) is 0 Å². The Kier molecular flexibility index (Phi) is 8.05. The average molecular weight is 267 g/mol. The van der Waals surface area contributed by atoms with E-state index in [0.29, 0.717) is 0 Å². The normalized spacial score (nSPS) is 11.1. The van der Waals surface area contributed by atoms with Crippen LogP contribution in [0.3, 0.4) is 0 Å². The summed E-state index contributed by atoms with van der Waals surface area (Å²) in [4.78, 5) is 6.85. The molecule has 4 heteroatoms. The first-order valence-electron chi connectivity index (χ1n) is 6.59. The summed E-state index contributed by atoms with van der Waals surface area (Å²) in [5.41, 5.74) is 2.52. The monoisotopic (exact) mass is 267 g/mol. The number of nitrogens with one attached hydrogen (secondary N) is 1. The lowest BCUT2D eigenvalue weighted by molar-refractivity contribution is 0.342. The molecular formula is C14H25N3S. The standard InChI is InChI=1S/C14H25N3S/c1-4-7-15-11-13-6-5-8-16-14(13)12-17(2)9-10-18-3/h5-6,8,15H,4,7,9-12H2,1-3H3. The lowest BCUT2D eigenvalue weighted by Gasteiger charge is -2.17. The van der Waals surface area contributed by atoms with Crippen LogP contribution in [0.5, 0.6) is 0 Å². The van der Waals surface area contributed by atoms with Crippen LogP contribution in [0.1, 0.15) is 24.6 Å². The van der Waals surface area contributed by atoms with Gasteiger partial charge in [-0.1, -0.05) is 13.0 Å². The van der Waals surface area contributed by atoms with E-state index in [-0.39, 0.29) is 0 Å². The molecule has 0 saturated heterocycles. The van der Waals surface area contributed by atoms with E-state index >= 15 is 0 Å². The van der Waals surface area contributed by atoms with Gasteiger partial charge >= 0.3 is 0 Å². The Morgan fingerprint density at radius 2 is 2.28 bits per heavy atom. The van der Waals surface area contributed by atoms with Gasteiger partial charge in [0.2, 0.25) is 0 Å². The zero-order valence-corrected chi connectivity index (χ0v) is 12.6. The number of aromatic nitrogens is 1. The molecule has 1 aromatic rings. The first kappa shape index (κ1) is 15.5. The van der Waals surface area contributed by atoms with Crippen molar-refractivity contribution in [2.75, 3.05) is 32.1 Å². The fourth-order valence-corrected chi connectivity index (χ4v) is 2.25. The van der Waals surface area contributed by atoms with E-state index in [1.807, 2.05) is 24.0 Å². The molecule has 0 radical (unpaired) electrons. The fourth-order valence-electron chi connectivity index (χ4n) is 1.76. The van der Waals surface area contributed by atoms with Crippen molar-refractivity contribution in [3.63, 3.8) is 0 Å². The summed E-state index contributed by atoms with van der Waals surface area (Å²) in [6.45, 7) is 6.22. The molecule has 1 N–H and O–H groups in total. The number of rotatable bonds is 9. The minimum atomic E-state index is 0.924. The van der Waals surface area contributed by atoms with Crippen molar-refractivity contribution >= 4 is 11.8 Å².